The highest BCUT2D eigenvalue weighted by molar-refractivity contribution is 5.03. The Bertz CT molecular complexity index is 1730. The van der Waals surface area contributed by atoms with Crippen LogP contribution < -0.4 is 0 Å². The van der Waals surface area contributed by atoms with E-state index in [1.165, 1.54) is 173 Å². The van der Waals surface area contributed by atoms with Crippen molar-refractivity contribution in [3.63, 3.8) is 0 Å². The van der Waals surface area contributed by atoms with Gasteiger partial charge in [0.05, 0.1) is 0 Å². The third-order valence-electron chi connectivity index (χ3n) is 29.7. The van der Waals surface area contributed by atoms with Crippen LogP contribution in [-0.2, 0) is 0 Å². The lowest BCUT2D eigenvalue weighted by Gasteiger charge is -2.60. The Morgan fingerprint density at radius 1 is 0.286 bits per heavy atom. The third kappa shape index (κ3) is 28.6. The van der Waals surface area contributed by atoms with E-state index in [0.29, 0.717) is 5.41 Å². The van der Waals surface area contributed by atoms with Gasteiger partial charge < -0.3 is 0 Å². The quantitative estimate of drug-likeness (QED) is 0.205. The maximum absolute atomic E-state index is 2.51. The lowest BCUT2D eigenvalue weighted by atomic mass is 9.45. The van der Waals surface area contributed by atoms with Crippen molar-refractivity contribution in [3.8, 4) is 0 Å². The van der Waals surface area contributed by atoms with Crippen molar-refractivity contribution in [1.29, 1.82) is 0 Å². The monoisotopic (exact) mass is 1270 g/mol. The van der Waals surface area contributed by atoms with E-state index in [0.717, 1.165) is 154 Å². The Labute approximate surface area is 576 Å². The highest BCUT2D eigenvalue weighted by Crippen LogP contribution is 2.62. The molecule has 0 saturated heterocycles. The summed E-state index contributed by atoms with van der Waals surface area (Å²) in [6.07, 6.45) is 69.9. The largest absolute Gasteiger partial charge is 0.0651 e. The molecule has 13 rings (SSSR count). The molecule has 0 radical (unpaired) electrons. The Morgan fingerprint density at radius 2 is 0.582 bits per heavy atom. The molecular formula is C91H172. The number of hydrogen-bond donors (Lipinski definition) is 0. The number of rotatable bonds is 10. The minimum atomic E-state index is 0.694. The molecule has 11 atom stereocenters. The molecule has 0 heterocycles. The smallest absolute Gasteiger partial charge is 0.0295 e. The van der Waals surface area contributed by atoms with Crippen LogP contribution >= 0.6 is 0 Å². The summed E-state index contributed by atoms with van der Waals surface area (Å²) in [6.45, 7) is 43.5. The van der Waals surface area contributed by atoms with Gasteiger partial charge in [0.2, 0.25) is 0 Å². The Kier molecular flexibility index (Phi) is 37.1. The molecule has 0 N–H and O–H groups in total. The van der Waals surface area contributed by atoms with Crippen LogP contribution in [0.25, 0.3) is 0 Å². The summed E-state index contributed by atoms with van der Waals surface area (Å²) >= 11 is 0. The maximum atomic E-state index is 2.51. The molecule has 0 aromatic heterocycles. The van der Waals surface area contributed by atoms with Crippen LogP contribution in [0.1, 0.15) is 420 Å². The van der Waals surface area contributed by atoms with Gasteiger partial charge in [-0.1, -0.05) is 292 Å². The van der Waals surface area contributed by atoms with E-state index in [1.807, 2.05) is 0 Å². The second-order valence-corrected chi connectivity index (χ2v) is 39.7. The van der Waals surface area contributed by atoms with E-state index in [2.05, 4.69) is 125 Å². The van der Waals surface area contributed by atoms with Gasteiger partial charge in [-0.2, -0.15) is 0 Å². The third-order valence-corrected chi connectivity index (χ3v) is 29.7. The molecule has 13 aliphatic rings. The summed E-state index contributed by atoms with van der Waals surface area (Å²) in [7, 11) is 0. The summed E-state index contributed by atoms with van der Waals surface area (Å²) < 4.78 is 0. The van der Waals surface area contributed by atoms with Crippen LogP contribution in [0.4, 0.5) is 0 Å². The summed E-state index contributed by atoms with van der Waals surface area (Å²) in [5.74, 6) is 26.9. The van der Waals surface area contributed by atoms with E-state index in [1.54, 1.807) is 122 Å². The maximum Gasteiger partial charge on any atom is -0.0295 e. The van der Waals surface area contributed by atoms with Crippen LogP contribution in [0.5, 0.6) is 0 Å². The molecular weight excluding hydrogens is 1090 g/mol. The molecule has 536 valence electrons. The Hall–Kier alpha value is 0. The molecule has 0 nitrogen and oxygen atoms in total. The van der Waals surface area contributed by atoms with Gasteiger partial charge in [-0.25, -0.2) is 0 Å². The molecule has 11 unspecified atom stereocenters. The minimum Gasteiger partial charge on any atom is -0.0651 e. The van der Waals surface area contributed by atoms with Crippen molar-refractivity contribution in [3.05, 3.63) is 0 Å². The fourth-order valence-electron chi connectivity index (χ4n) is 23.2. The van der Waals surface area contributed by atoms with Crippen molar-refractivity contribution in [2.45, 2.75) is 420 Å². The first-order valence-electron chi connectivity index (χ1n) is 43.5. The SMILES string of the molecule is CC(C)C1CC2CCCC(C2)C1.CC(C)C1CC2CCCCC(C2)C1.CC(C)C1CCCCCCCC1.CC(C)C1CCCCCCCCC1.CC(C)CCC1CCC2CC1C2(C)C.CC1CC2CC(C1)CC(C(C)C)C2.CCC1CC2CC(C1)CC(C(C)C)C2. The topological polar surface area (TPSA) is 0 Å². The molecule has 13 saturated carbocycles. The molecule has 0 spiro atoms. The molecule has 10 bridgehead atoms. The van der Waals surface area contributed by atoms with Gasteiger partial charge in [-0.05, 0) is 288 Å². The summed E-state index contributed by atoms with van der Waals surface area (Å²) in [5, 5.41) is 0. The first-order valence-corrected chi connectivity index (χ1v) is 43.5. The van der Waals surface area contributed by atoms with Crippen LogP contribution in [0.2, 0.25) is 0 Å². The van der Waals surface area contributed by atoms with Gasteiger partial charge in [-0.3, -0.25) is 0 Å². The van der Waals surface area contributed by atoms with Gasteiger partial charge in [0.1, 0.15) is 0 Å². The second kappa shape index (κ2) is 42.2. The molecule has 0 aromatic carbocycles. The lowest BCUT2D eigenvalue weighted by Crippen LogP contribution is -2.52. The van der Waals surface area contributed by atoms with E-state index < -0.39 is 0 Å². The van der Waals surface area contributed by atoms with Gasteiger partial charge in [-0.15, -0.1) is 0 Å². The first-order chi connectivity index (χ1) is 43.5. The van der Waals surface area contributed by atoms with E-state index >= 15 is 0 Å². The summed E-state index contributed by atoms with van der Waals surface area (Å²) in [4.78, 5) is 0. The highest BCUT2D eigenvalue weighted by atomic mass is 14.6. The fraction of sp³-hybridized carbons (Fsp3) is 1.00. The number of hydrogen-bond acceptors (Lipinski definition) is 0. The van der Waals surface area contributed by atoms with E-state index in [4.69, 9.17) is 0 Å². The summed E-state index contributed by atoms with van der Waals surface area (Å²) in [6, 6.07) is 0. The lowest BCUT2D eigenvalue weighted by molar-refractivity contribution is -0.107. The molecule has 0 amide bonds. The summed E-state index contributed by atoms with van der Waals surface area (Å²) in [5.41, 5.74) is 0.694. The zero-order valence-electron chi connectivity index (χ0n) is 66.0. The standard InChI is InChI=1S/2C14H26.2C13H24.C13H26.C12H22.C12H24/c1-10(2)5-6-11-7-8-12-9-13(11)14(12,3)4;1-4-11-5-12-7-13(6-11)9-14(8-12)10(2)3;1-9(2)13-7-11-4-10(3)5-12(6-11)8-13;1-10(2)13-8-11-5-3-4-6-12(7-11)9-13;1-12(2)13-10-8-6-4-3-5-7-9-11-13;1-9(2)12-7-10-4-3-5-11(6-10)8-12;1-11(2)12-9-7-5-3-4-6-8-10-12/h10-13H,5-9H2,1-4H3;10-14H,4-9H2,1-3H3;9-13H,4-8H2,1-3H3;10-13H,3-9H2,1-2H3;12-13H,3-11H2,1-2H3;9-12H,3-8H2,1-2H3;11-12H,3-10H2,1-2H3. The van der Waals surface area contributed by atoms with E-state index in [-0.39, 0.29) is 0 Å². The zero-order chi connectivity index (χ0) is 66.0. The van der Waals surface area contributed by atoms with Crippen LogP contribution in [0.3, 0.4) is 0 Å². The van der Waals surface area contributed by atoms with Crippen molar-refractivity contribution in [2.24, 2.45) is 159 Å². The van der Waals surface area contributed by atoms with Gasteiger partial charge >= 0.3 is 0 Å². The van der Waals surface area contributed by atoms with Crippen LogP contribution in [0.15, 0.2) is 0 Å². The molecule has 0 aromatic rings. The predicted molar refractivity (Wildman–Crippen MR) is 408 cm³/mol. The molecule has 13 aliphatic carbocycles. The predicted octanol–water partition coefficient (Wildman–Crippen LogP) is 30.4. The average molecular weight is 1270 g/mol. The van der Waals surface area contributed by atoms with Gasteiger partial charge in [0.15, 0.2) is 0 Å². The number of fused-ring (bicyclic) bond motifs is 10. The van der Waals surface area contributed by atoms with Crippen molar-refractivity contribution >= 4 is 0 Å². The normalized spacial score (nSPS) is 36.8. The Morgan fingerprint density at radius 3 is 0.890 bits per heavy atom. The van der Waals surface area contributed by atoms with Crippen LogP contribution in [-0.4, -0.2) is 0 Å². The van der Waals surface area contributed by atoms with Crippen molar-refractivity contribution < 1.29 is 0 Å². The van der Waals surface area contributed by atoms with Gasteiger partial charge in [0, 0.05) is 0 Å². The zero-order valence-corrected chi connectivity index (χ0v) is 66.0. The van der Waals surface area contributed by atoms with Gasteiger partial charge in [0.25, 0.3) is 0 Å². The fourth-order valence-corrected chi connectivity index (χ4v) is 23.2. The Balaban J connectivity index is 0.000000169. The molecule has 13 fully saturated rings. The average Bonchev–Trinajstić information content (AvgIpc) is 0.895. The van der Waals surface area contributed by atoms with E-state index in [9.17, 15) is 0 Å². The first kappa shape index (κ1) is 80.0. The molecule has 0 heteroatoms. The molecule has 91 heavy (non-hydrogen) atoms. The van der Waals surface area contributed by atoms with Crippen molar-refractivity contribution in [1.82, 2.24) is 0 Å². The van der Waals surface area contributed by atoms with Crippen LogP contribution in [0, 0.1) is 159 Å². The minimum absolute atomic E-state index is 0.694. The highest BCUT2D eigenvalue weighted by Gasteiger charge is 2.53. The molecule has 0 aliphatic heterocycles. The second-order valence-electron chi connectivity index (χ2n) is 39.7. The van der Waals surface area contributed by atoms with Crippen molar-refractivity contribution in [2.75, 3.05) is 0 Å².